The lowest BCUT2D eigenvalue weighted by Crippen LogP contribution is -2.35. The second kappa shape index (κ2) is 9.76. The number of carbonyl (C=O) groups excluding carboxylic acids is 1. The minimum absolute atomic E-state index is 0.0692. The summed E-state index contributed by atoms with van der Waals surface area (Å²) in [6.45, 7) is 3.00. The number of pyridine rings is 1. The molecule has 1 aliphatic heterocycles. The summed E-state index contributed by atoms with van der Waals surface area (Å²) >= 11 is 1.73. The van der Waals surface area contributed by atoms with Crippen molar-refractivity contribution < 1.29 is 9.18 Å². The van der Waals surface area contributed by atoms with Crippen molar-refractivity contribution in [3.63, 3.8) is 0 Å². The molecule has 3 aromatic rings. The fourth-order valence-corrected chi connectivity index (χ4v) is 4.39. The van der Waals surface area contributed by atoms with Gasteiger partial charge in [-0.05, 0) is 66.6 Å². The highest BCUT2D eigenvalue weighted by Crippen LogP contribution is 2.23. The van der Waals surface area contributed by atoms with Crippen LogP contribution in [0.1, 0.15) is 22.3 Å². The molecule has 4 nitrogen and oxygen atoms in total. The zero-order chi connectivity index (χ0) is 20.8. The van der Waals surface area contributed by atoms with E-state index >= 15 is 0 Å². The fourth-order valence-electron chi connectivity index (χ4n) is 3.56. The van der Waals surface area contributed by atoms with E-state index in [1.165, 1.54) is 17.7 Å². The van der Waals surface area contributed by atoms with Crippen molar-refractivity contribution in [2.24, 2.45) is 0 Å². The highest BCUT2D eigenvalue weighted by atomic mass is 32.2. The lowest BCUT2D eigenvalue weighted by molar-refractivity contribution is 0.0767. The molecule has 1 aromatic heterocycles. The van der Waals surface area contributed by atoms with Gasteiger partial charge < -0.3 is 9.80 Å². The lowest BCUT2D eigenvalue weighted by Gasteiger charge is -2.23. The molecule has 1 aliphatic rings. The number of thioether (sulfide) groups is 1. The quantitative estimate of drug-likeness (QED) is 0.551. The first-order valence-corrected chi connectivity index (χ1v) is 11.1. The normalized spacial score (nSPS) is 14.4. The highest BCUT2D eigenvalue weighted by molar-refractivity contribution is 7.98. The number of nitrogens with zero attached hydrogens (tertiary/aromatic N) is 3. The van der Waals surface area contributed by atoms with Gasteiger partial charge in [-0.25, -0.2) is 4.39 Å². The van der Waals surface area contributed by atoms with Gasteiger partial charge in [0.05, 0.1) is 0 Å². The standard InChI is InChI=1S/C24H24FN3OS/c25-21-6-8-22(9-7-21)27-13-2-14-28(16-15-27)24(29)20-4-10-23(11-5-20)30-18-19-3-1-12-26-17-19/h1,3-12,17H,2,13-16,18H2. The molecule has 0 aliphatic carbocycles. The van der Waals surface area contributed by atoms with Gasteiger partial charge in [0.15, 0.2) is 0 Å². The molecule has 0 N–H and O–H groups in total. The van der Waals surface area contributed by atoms with Gasteiger partial charge in [-0.3, -0.25) is 9.78 Å². The second-order valence-electron chi connectivity index (χ2n) is 7.28. The summed E-state index contributed by atoms with van der Waals surface area (Å²) in [6.07, 6.45) is 4.54. The number of hydrogen-bond acceptors (Lipinski definition) is 4. The van der Waals surface area contributed by atoms with Gasteiger partial charge in [0.2, 0.25) is 0 Å². The van der Waals surface area contributed by atoms with Crippen LogP contribution in [0.15, 0.2) is 78.0 Å². The number of amides is 1. The maximum absolute atomic E-state index is 13.2. The molecule has 0 bridgehead atoms. The largest absolute Gasteiger partial charge is 0.370 e. The molecule has 154 valence electrons. The molecule has 4 rings (SSSR count). The first-order chi connectivity index (χ1) is 14.7. The molecule has 1 saturated heterocycles. The van der Waals surface area contributed by atoms with Crippen molar-refractivity contribution in [1.29, 1.82) is 0 Å². The average molecular weight is 422 g/mol. The summed E-state index contributed by atoms with van der Waals surface area (Å²) in [7, 11) is 0. The number of anilines is 1. The van der Waals surface area contributed by atoms with Crippen LogP contribution in [0.25, 0.3) is 0 Å². The summed E-state index contributed by atoms with van der Waals surface area (Å²) in [5.74, 6) is 0.694. The van der Waals surface area contributed by atoms with E-state index in [0.717, 1.165) is 48.0 Å². The van der Waals surface area contributed by atoms with Crippen LogP contribution < -0.4 is 4.90 Å². The maximum atomic E-state index is 13.2. The van der Waals surface area contributed by atoms with E-state index in [1.807, 2.05) is 41.4 Å². The molecule has 2 heterocycles. The van der Waals surface area contributed by atoms with Crippen LogP contribution in [-0.2, 0) is 5.75 Å². The Balaban J connectivity index is 1.34. The molecule has 0 unspecified atom stereocenters. The summed E-state index contributed by atoms with van der Waals surface area (Å²) in [5.41, 5.74) is 2.90. The van der Waals surface area contributed by atoms with Crippen LogP contribution in [-0.4, -0.2) is 42.0 Å². The molecule has 0 radical (unpaired) electrons. The predicted molar refractivity (Wildman–Crippen MR) is 119 cm³/mol. The van der Waals surface area contributed by atoms with E-state index in [9.17, 15) is 9.18 Å². The first kappa shape index (κ1) is 20.4. The third-order valence-electron chi connectivity index (χ3n) is 5.20. The van der Waals surface area contributed by atoms with Gasteiger partial charge >= 0.3 is 0 Å². The molecule has 2 aromatic carbocycles. The SMILES string of the molecule is O=C(c1ccc(SCc2cccnc2)cc1)N1CCCN(c2ccc(F)cc2)CC1. The van der Waals surface area contributed by atoms with Crippen LogP contribution >= 0.6 is 11.8 Å². The number of halogens is 1. The molecule has 1 fully saturated rings. The summed E-state index contributed by atoms with van der Waals surface area (Å²) in [5, 5.41) is 0. The van der Waals surface area contributed by atoms with Crippen LogP contribution in [0.3, 0.4) is 0 Å². The Morgan fingerprint density at radius 2 is 1.77 bits per heavy atom. The van der Waals surface area contributed by atoms with Gasteiger partial charge in [-0.2, -0.15) is 0 Å². The van der Waals surface area contributed by atoms with Crippen LogP contribution in [0.5, 0.6) is 0 Å². The van der Waals surface area contributed by atoms with Crippen molar-refractivity contribution in [2.45, 2.75) is 17.1 Å². The molecular weight excluding hydrogens is 397 g/mol. The summed E-state index contributed by atoms with van der Waals surface area (Å²) < 4.78 is 13.2. The van der Waals surface area contributed by atoms with E-state index in [4.69, 9.17) is 0 Å². The third kappa shape index (κ3) is 5.19. The van der Waals surface area contributed by atoms with E-state index in [1.54, 1.807) is 30.1 Å². The molecule has 0 spiro atoms. The Kier molecular flexibility index (Phi) is 6.64. The van der Waals surface area contributed by atoms with E-state index in [0.29, 0.717) is 6.54 Å². The van der Waals surface area contributed by atoms with Gasteiger partial charge in [-0.15, -0.1) is 11.8 Å². The molecule has 0 atom stereocenters. The van der Waals surface area contributed by atoms with Crippen molar-refractivity contribution in [1.82, 2.24) is 9.88 Å². The Bertz CT molecular complexity index is 964. The topological polar surface area (TPSA) is 36.4 Å². The fraction of sp³-hybridized carbons (Fsp3) is 0.250. The minimum Gasteiger partial charge on any atom is -0.370 e. The van der Waals surface area contributed by atoms with Crippen molar-refractivity contribution in [3.05, 3.63) is 90.0 Å². The van der Waals surface area contributed by atoms with Crippen LogP contribution in [0, 0.1) is 5.82 Å². The van der Waals surface area contributed by atoms with E-state index in [-0.39, 0.29) is 11.7 Å². The monoisotopic (exact) mass is 421 g/mol. The second-order valence-corrected chi connectivity index (χ2v) is 8.33. The smallest absolute Gasteiger partial charge is 0.253 e. The number of rotatable bonds is 5. The highest BCUT2D eigenvalue weighted by Gasteiger charge is 2.20. The van der Waals surface area contributed by atoms with Gasteiger partial charge in [0.25, 0.3) is 5.91 Å². The minimum atomic E-state index is -0.229. The van der Waals surface area contributed by atoms with Gasteiger partial charge in [-0.1, -0.05) is 6.07 Å². The van der Waals surface area contributed by atoms with Crippen molar-refractivity contribution in [2.75, 3.05) is 31.1 Å². The van der Waals surface area contributed by atoms with Crippen LogP contribution in [0.4, 0.5) is 10.1 Å². The Morgan fingerprint density at radius 1 is 0.967 bits per heavy atom. The van der Waals surface area contributed by atoms with E-state index in [2.05, 4.69) is 16.0 Å². The van der Waals surface area contributed by atoms with Crippen molar-refractivity contribution in [3.8, 4) is 0 Å². The molecule has 1 amide bonds. The molecule has 30 heavy (non-hydrogen) atoms. The summed E-state index contributed by atoms with van der Waals surface area (Å²) in [6, 6.07) is 18.4. The lowest BCUT2D eigenvalue weighted by atomic mass is 10.2. The Morgan fingerprint density at radius 3 is 2.50 bits per heavy atom. The number of aromatic nitrogens is 1. The van der Waals surface area contributed by atoms with Crippen molar-refractivity contribution >= 4 is 23.4 Å². The Hall–Kier alpha value is -2.86. The third-order valence-corrected chi connectivity index (χ3v) is 6.29. The summed E-state index contributed by atoms with van der Waals surface area (Å²) in [4.78, 5) is 22.4. The molecule has 6 heteroatoms. The zero-order valence-corrected chi connectivity index (χ0v) is 17.5. The number of benzene rings is 2. The average Bonchev–Trinajstić information content (AvgIpc) is 3.05. The van der Waals surface area contributed by atoms with Crippen LogP contribution in [0.2, 0.25) is 0 Å². The van der Waals surface area contributed by atoms with Gasteiger partial charge in [0.1, 0.15) is 5.82 Å². The van der Waals surface area contributed by atoms with Gasteiger partial charge in [0, 0.05) is 60.5 Å². The maximum Gasteiger partial charge on any atom is 0.253 e. The number of hydrogen-bond donors (Lipinski definition) is 0. The Labute approximate surface area is 180 Å². The zero-order valence-electron chi connectivity index (χ0n) is 16.7. The van der Waals surface area contributed by atoms with E-state index < -0.39 is 0 Å². The predicted octanol–water partition coefficient (Wildman–Crippen LogP) is 4.87. The molecule has 0 saturated carbocycles. The molecular formula is C24H24FN3OS. The first-order valence-electron chi connectivity index (χ1n) is 10.1. The number of carbonyl (C=O) groups is 1.